The first-order valence-electron chi connectivity index (χ1n) is 9.62. The minimum atomic E-state index is -0.566. The van der Waals surface area contributed by atoms with Crippen molar-refractivity contribution in [2.45, 2.75) is 13.3 Å². The van der Waals surface area contributed by atoms with Crippen molar-refractivity contribution in [3.8, 4) is 22.6 Å². The molecule has 1 heterocycles. The molecular weight excluding hydrogens is 399 g/mol. The molecule has 1 aromatic heterocycles. The Morgan fingerprint density at radius 2 is 1.81 bits per heavy atom. The number of methoxy groups -OCH3 is 1. The maximum absolute atomic E-state index is 13.8. The molecule has 5 nitrogen and oxygen atoms in total. The fraction of sp³-hybridized carbons (Fsp3) is 0.120. The van der Waals surface area contributed by atoms with E-state index in [0.717, 1.165) is 5.56 Å². The molecule has 3 aromatic carbocycles. The smallest absolute Gasteiger partial charge is 0.315 e. The van der Waals surface area contributed by atoms with E-state index in [1.807, 2.05) is 30.3 Å². The summed E-state index contributed by atoms with van der Waals surface area (Å²) in [6.07, 6.45) is -0.116. The van der Waals surface area contributed by atoms with Crippen LogP contribution >= 0.6 is 0 Å². The number of fused-ring (bicyclic) bond motifs is 1. The SMILES string of the molecule is COc1ccc(CC(=O)Oc2ccc3c(=O)c(-c4ccccc4)c(C)oc3c2)cc1F. The number of carbonyl (C=O) groups is 1. The number of esters is 1. The number of hydrogen-bond acceptors (Lipinski definition) is 5. The predicted octanol–water partition coefficient (Wildman–Crippen LogP) is 5.06. The summed E-state index contributed by atoms with van der Waals surface area (Å²) >= 11 is 0. The Morgan fingerprint density at radius 3 is 2.52 bits per heavy atom. The summed E-state index contributed by atoms with van der Waals surface area (Å²) in [5.74, 6) is -0.303. The van der Waals surface area contributed by atoms with Gasteiger partial charge < -0.3 is 13.9 Å². The third kappa shape index (κ3) is 4.19. The van der Waals surface area contributed by atoms with E-state index in [2.05, 4.69) is 0 Å². The van der Waals surface area contributed by atoms with Crippen LogP contribution in [0.3, 0.4) is 0 Å². The summed E-state index contributed by atoms with van der Waals surface area (Å²) in [7, 11) is 1.37. The second-order valence-corrected chi connectivity index (χ2v) is 7.01. The van der Waals surface area contributed by atoms with Gasteiger partial charge in [0, 0.05) is 6.07 Å². The van der Waals surface area contributed by atoms with Crippen molar-refractivity contribution >= 4 is 16.9 Å². The Kier molecular flexibility index (Phi) is 5.54. The van der Waals surface area contributed by atoms with Gasteiger partial charge in [-0.25, -0.2) is 4.39 Å². The molecule has 0 fully saturated rings. The number of carbonyl (C=O) groups excluding carboxylic acids is 1. The fourth-order valence-electron chi connectivity index (χ4n) is 3.44. The Balaban J connectivity index is 1.59. The summed E-state index contributed by atoms with van der Waals surface area (Å²) in [6, 6.07) is 18.2. The second-order valence-electron chi connectivity index (χ2n) is 7.01. The second kappa shape index (κ2) is 8.44. The van der Waals surface area contributed by atoms with E-state index in [1.165, 1.54) is 31.4 Å². The largest absolute Gasteiger partial charge is 0.494 e. The van der Waals surface area contributed by atoms with Gasteiger partial charge in [0.1, 0.15) is 17.1 Å². The van der Waals surface area contributed by atoms with E-state index in [0.29, 0.717) is 27.9 Å². The third-order valence-electron chi connectivity index (χ3n) is 4.90. The molecule has 4 rings (SSSR count). The molecule has 0 aliphatic rings. The highest BCUT2D eigenvalue weighted by Crippen LogP contribution is 2.26. The van der Waals surface area contributed by atoms with Gasteiger partial charge in [-0.05, 0) is 42.3 Å². The molecule has 6 heteroatoms. The minimum absolute atomic E-state index is 0.104. The lowest BCUT2D eigenvalue weighted by Gasteiger charge is -2.09. The zero-order valence-electron chi connectivity index (χ0n) is 17.0. The van der Waals surface area contributed by atoms with E-state index in [4.69, 9.17) is 13.9 Å². The highest BCUT2D eigenvalue weighted by atomic mass is 19.1. The van der Waals surface area contributed by atoms with Gasteiger partial charge in [-0.15, -0.1) is 0 Å². The van der Waals surface area contributed by atoms with Crippen LogP contribution in [-0.4, -0.2) is 13.1 Å². The van der Waals surface area contributed by atoms with E-state index in [-0.39, 0.29) is 23.3 Å². The van der Waals surface area contributed by atoms with Crippen molar-refractivity contribution in [1.82, 2.24) is 0 Å². The Morgan fingerprint density at radius 1 is 1.03 bits per heavy atom. The van der Waals surface area contributed by atoms with Gasteiger partial charge >= 0.3 is 5.97 Å². The van der Waals surface area contributed by atoms with Gasteiger partial charge in [-0.3, -0.25) is 9.59 Å². The average molecular weight is 418 g/mol. The van der Waals surface area contributed by atoms with E-state index >= 15 is 0 Å². The zero-order chi connectivity index (χ0) is 22.0. The molecule has 156 valence electrons. The zero-order valence-corrected chi connectivity index (χ0v) is 17.0. The van der Waals surface area contributed by atoms with Crippen molar-refractivity contribution in [3.05, 3.63) is 94.1 Å². The number of ether oxygens (including phenoxy) is 2. The summed E-state index contributed by atoms with van der Waals surface area (Å²) in [5, 5.41) is 0.390. The van der Waals surface area contributed by atoms with Crippen molar-refractivity contribution in [1.29, 1.82) is 0 Å². The van der Waals surface area contributed by atoms with Gasteiger partial charge in [0.25, 0.3) is 0 Å². The van der Waals surface area contributed by atoms with Crippen molar-refractivity contribution < 1.29 is 23.1 Å². The van der Waals surface area contributed by atoms with Crippen molar-refractivity contribution in [3.63, 3.8) is 0 Å². The molecule has 0 aliphatic heterocycles. The quantitative estimate of drug-likeness (QED) is 0.335. The number of aryl methyl sites for hydroxylation is 1. The topological polar surface area (TPSA) is 65.7 Å². The monoisotopic (exact) mass is 418 g/mol. The summed E-state index contributed by atoms with van der Waals surface area (Å²) in [4.78, 5) is 25.3. The fourth-order valence-corrected chi connectivity index (χ4v) is 3.44. The Bertz CT molecular complexity index is 1330. The van der Waals surface area contributed by atoms with E-state index in [1.54, 1.807) is 19.1 Å². The first kappa shape index (κ1) is 20.3. The third-order valence-corrected chi connectivity index (χ3v) is 4.90. The summed E-state index contributed by atoms with van der Waals surface area (Å²) in [6.45, 7) is 1.72. The molecule has 0 bridgehead atoms. The van der Waals surface area contributed by atoms with E-state index in [9.17, 15) is 14.0 Å². The Hall–Kier alpha value is -3.93. The summed E-state index contributed by atoms with van der Waals surface area (Å²) < 4.78 is 29.9. The van der Waals surface area contributed by atoms with Gasteiger partial charge in [-0.1, -0.05) is 36.4 Å². The predicted molar refractivity (Wildman–Crippen MR) is 115 cm³/mol. The van der Waals surface area contributed by atoms with Gasteiger partial charge in [0.15, 0.2) is 11.6 Å². The molecule has 0 atom stereocenters. The van der Waals surface area contributed by atoms with Crippen molar-refractivity contribution in [2.24, 2.45) is 0 Å². The Labute approximate surface area is 177 Å². The van der Waals surface area contributed by atoms with Crippen LogP contribution in [0.15, 0.2) is 75.9 Å². The van der Waals surface area contributed by atoms with Gasteiger partial charge in [0.05, 0.1) is 24.5 Å². The average Bonchev–Trinajstić information content (AvgIpc) is 2.74. The maximum atomic E-state index is 13.8. The first-order valence-corrected chi connectivity index (χ1v) is 9.62. The molecule has 0 radical (unpaired) electrons. The van der Waals surface area contributed by atoms with E-state index < -0.39 is 11.8 Å². The number of benzene rings is 3. The van der Waals surface area contributed by atoms with Crippen LogP contribution in [0, 0.1) is 12.7 Å². The minimum Gasteiger partial charge on any atom is -0.494 e. The maximum Gasteiger partial charge on any atom is 0.315 e. The number of halogens is 1. The molecule has 0 spiro atoms. The molecule has 0 amide bonds. The lowest BCUT2D eigenvalue weighted by Crippen LogP contribution is -2.12. The van der Waals surface area contributed by atoms with Crippen molar-refractivity contribution in [2.75, 3.05) is 7.11 Å². The highest BCUT2D eigenvalue weighted by molar-refractivity contribution is 5.84. The van der Waals surface area contributed by atoms with Crippen LogP contribution in [0.25, 0.3) is 22.1 Å². The summed E-state index contributed by atoms with van der Waals surface area (Å²) in [5.41, 5.74) is 1.90. The van der Waals surface area contributed by atoms with Gasteiger partial charge in [0.2, 0.25) is 5.43 Å². The van der Waals surface area contributed by atoms with Crippen LogP contribution < -0.4 is 14.9 Å². The number of hydrogen-bond donors (Lipinski definition) is 0. The van der Waals surface area contributed by atoms with Gasteiger partial charge in [-0.2, -0.15) is 0 Å². The first-order chi connectivity index (χ1) is 15.0. The standard InChI is InChI=1S/C25H19FO5/c1-15-24(17-6-4-3-5-7-17)25(28)19-10-9-18(14-22(19)30-15)31-23(27)13-16-8-11-21(29-2)20(26)12-16/h3-12,14H,13H2,1-2H3. The lowest BCUT2D eigenvalue weighted by atomic mass is 10.0. The molecule has 0 unspecified atom stereocenters. The molecular formula is C25H19FO5. The molecule has 0 saturated carbocycles. The lowest BCUT2D eigenvalue weighted by molar-refractivity contribution is -0.133. The van der Waals surface area contributed by atoms with Crippen LogP contribution in [0.1, 0.15) is 11.3 Å². The normalized spacial score (nSPS) is 10.8. The van der Waals surface area contributed by atoms with Crippen LogP contribution in [0.5, 0.6) is 11.5 Å². The van der Waals surface area contributed by atoms with Crippen LogP contribution in [0.4, 0.5) is 4.39 Å². The van der Waals surface area contributed by atoms with Crippen LogP contribution in [-0.2, 0) is 11.2 Å². The number of rotatable bonds is 5. The highest BCUT2D eigenvalue weighted by Gasteiger charge is 2.15. The molecule has 31 heavy (non-hydrogen) atoms. The van der Waals surface area contributed by atoms with Crippen LogP contribution in [0.2, 0.25) is 0 Å². The molecule has 0 N–H and O–H groups in total. The molecule has 4 aromatic rings. The molecule has 0 aliphatic carbocycles. The molecule has 0 saturated heterocycles.